The molecule has 0 saturated heterocycles. The second-order valence-electron chi connectivity index (χ2n) is 4.85. The topological polar surface area (TPSA) is 61.6 Å². The summed E-state index contributed by atoms with van der Waals surface area (Å²) in [5.74, 6) is 1.39. The van der Waals surface area contributed by atoms with Gasteiger partial charge >= 0.3 is 0 Å². The zero-order chi connectivity index (χ0) is 13.1. The molecule has 0 aliphatic carbocycles. The van der Waals surface area contributed by atoms with E-state index in [9.17, 15) is 4.79 Å². The van der Waals surface area contributed by atoms with E-state index in [2.05, 4.69) is 0 Å². The Morgan fingerprint density at radius 2 is 1.89 bits per heavy atom. The van der Waals surface area contributed by atoms with Gasteiger partial charge in [-0.15, -0.1) is 0 Å². The van der Waals surface area contributed by atoms with Crippen LogP contribution < -0.4 is 15.2 Å². The molecule has 2 rings (SSSR count). The van der Waals surface area contributed by atoms with Crippen LogP contribution in [0, 0.1) is 5.92 Å². The summed E-state index contributed by atoms with van der Waals surface area (Å²) in [7, 11) is 0. The summed E-state index contributed by atoms with van der Waals surface area (Å²) in [5.41, 5.74) is 6.46. The predicted octanol–water partition coefficient (Wildman–Crippen LogP) is 2.01. The van der Waals surface area contributed by atoms with Crippen molar-refractivity contribution in [2.75, 3.05) is 13.2 Å². The van der Waals surface area contributed by atoms with Gasteiger partial charge in [-0.3, -0.25) is 4.79 Å². The highest BCUT2D eigenvalue weighted by atomic mass is 16.5. The fourth-order valence-electron chi connectivity index (χ4n) is 1.81. The van der Waals surface area contributed by atoms with Gasteiger partial charge in [0, 0.05) is 12.0 Å². The van der Waals surface area contributed by atoms with E-state index in [1.807, 2.05) is 13.8 Å². The smallest absolute Gasteiger partial charge is 0.179 e. The molecule has 0 saturated carbocycles. The van der Waals surface area contributed by atoms with Crippen molar-refractivity contribution < 1.29 is 14.3 Å². The molecule has 0 spiro atoms. The second-order valence-corrected chi connectivity index (χ2v) is 4.85. The fourth-order valence-corrected chi connectivity index (χ4v) is 1.81. The van der Waals surface area contributed by atoms with Crippen molar-refractivity contribution >= 4 is 5.78 Å². The molecule has 0 aromatic heterocycles. The van der Waals surface area contributed by atoms with E-state index in [0.717, 1.165) is 6.42 Å². The minimum absolute atomic E-state index is 0.0550. The van der Waals surface area contributed by atoms with Gasteiger partial charge in [0.05, 0.1) is 19.3 Å². The van der Waals surface area contributed by atoms with Crippen LogP contribution >= 0.6 is 0 Å². The number of ketones is 1. The van der Waals surface area contributed by atoms with Crippen LogP contribution in [0.2, 0.25) is 0 Å². The van der Waals surface area contributed by atoms with Gasteiger partial charge in [0.15, 0.2) is 17.3 Å². The number of hydrogen-bond acceptors (Lipinski definition) is 4. The maximum Gasteiger partial charge on any atom is 0.179 e. The van der Waals surface area contributed by atoms with Crippen molar-refractivity contribution in [1.82, 2.24) is 0 Å². The third-order valence-corrected chi connectivity index (χ3v) is 3.05. The van der Waals surface area contributed by atoms with E-state index in [4.69, 9.17) is 15.2 Å². The Labute approximate surface area is 107 Å². The molecule has 0 fully saturated rings. The van der Waals surface area contributed by atoms with Crippen molar-refractivity contribution in [2.45, 2.75) is 26.3 Å². The van der Waals surface area contributed by atoms with Gasteiger partial charge in [-0.2, -0.15) is 0 Å². The molecule has 1 aliphatic heterocycles. The van der Waals surface area contributed by atoms with E-state index in [-0.39, 0.29) is 11.7 Å². The monoisotopic (exact) mass is 249 g/mol. The molecule has 1 atom stereocenters. The number of Topliss-reactive ketones (excluding diaryl/α,β-unsaturated/α-hetero) is 1. The Morgan fingerprint density at radius 3 is 2.56 bits per heavy atom. The Morgan fingerprint density at radius 1 is 1.22 bits per heavy atom. The summed E-state index contributed by atoms with van der Waals surface area (Å²) < 4.78 is 11.1. The number of benzene rings is 1. The molecule has 0 amide bonds. The summed E-state index contributed by atoms with van der Waals surface area (Å²) in [6, 6.07) is 4.78. The molecule has 98 valence electrons. The van der Waals surface area contributed by atoms with Gasteiger partial charge in [-0.1, -0.05) is 13.8 Å². The van der Waals surface area contributed by atoms with Crippen LogP contribution in [-0.4, -0.2) is 25.0 Å². The third-order valence-electron chi connectivity index (χ3n) is 3.05. The number of carbonyl (C=O) groups excluding carboxylic acids is 1. The predicted molar refractivity (Wildman–Crippen MR) is 69.2 cm³/mol. The van der Waals surface area contributed by atoms with Gasteiger partial charge in [-0.05, 0) is 24.1 Å². The van der Waals surface area contributed by atoms with Crippen molar-refractivity contribution in [2.24, 2.45) is 11.7 Å². The molecule has 0 radical (unpaired) electrons. The molecule has 18 heavy (non-hydrogen) atoms. The second kappa shape index (κ2) is 5.40. The molecule has 1 aliphatic rings. The average Bonchev–Trinajstić information content (AvgIpc) is 2.60. The summed E-state index contributed by atoms with van der Waals surface area (Å²) >= 11 is 0. The van der Waals surface area contributed by atoms with Crippen LogP contribution in [-0.2, 0) is 0 Å². The summed E-state index contributed by atoms with van der Waals surface area (Å²) in [4.78, 5) is 12.1. The lowest BCUT2D eigenvalue weighted by Gasteiger charge is -2.15. The van der Waals surface area contributed by atoms with Gasteiger partial charge in [0.25, 0.3) is 0 Å². The van der Waals surface area contributed by atoms with Crippen LogP contribution in [0.15, 0.2) is 18.2 Å². The van der Waals surface area contributed by atoms with Crippen LogP contribution in [0.5, 0.6) is 11.5 Å². The Kier molecular flexibility index (Phi) is 3.87. The lowest BCUT2D eigenvalue weighted by atomic mass is 9.96. The Bertz CT molecular complexity index is 443. The van der Waals surface area contributed by atoms with Crippen LogP contribution in [0.1, 0.15) is 30.6 Å². The van der Waals surface area contributed by atoms with E-state index in [1.165, 1.54) is 0 Å². The highest BCUT2D eigenvalue weighted by Gasteiger charge is 2.21. The fraction of sp³-hybridized carbons (Fsp3) is 0.500. The molecule has 0 bridgehead atoms. The molecular weight excluding hydrogens is 230 g/mol. The molecule has 4 nitrogen and oxygen atoms in total. The van der Waals surface area contributed by atoms with Crippen molar-refractivity contribution in [3.05, 3.63) is 23.8 Å². The summed E-state index contributed by atoms with van der Waals surface area (Å²) in [6.07, 6.45) is 0.851. The van der Waals surface area contributed by atoms with Crippen molar-refractivity contribution in [1.29, 1.82) is 0 Å². The van der Waals surface area contributed by atoms with Gasteiger partial charge < -0.3 is 15.2 Å². The normalized spacial score (nSPS) is 16.2. The van der Waals surface area contributed by atoms with Crippen LogP contribution in [0.4, 0.5) is 0 Å². The highest BCUT2D eigenvalue weighted by molar-refractivity contribution is 6.00. The first-order valence-electron chi connectivity index (χ1n) is 6.29. The SMILES string of the molecule is CC(C)C(N)C(=O)c1ccc2c(c1)OCCCO2. The zero-order valence-electron chi connectivity index (χ0n) is 10.8. The lowest BCUT2D eigenvalue weighted by molar-refractivity contribution is 0.0940. The summed E-state index contributed by atoms with van der Waals surface area (Å²) in [5, 5.41) is 0. The molecular formula is C14H19NO3. The van der Waals surface area contributed by atoms with Gasteiger partial charge in [-0.25, -0.2) is 0 Å². The molecule has 1 heterocycles. The summed E-state index contributed by atoms with van der Waals surface area (Å²) in [6.45, 7) is 5.13. The van der Waals surface area contributed by atoms with Gasteiger partial charge in [0.2, 0.25) is 0 Å². The van der Waals surface area contributed by atoms with Crippen LogP contribution in [0.3, 0.4) is 0 Å². The Balaban J connectivity index is 2.25. The quantitative estimate of drug-likeness (QED) is 0.832. The maximum absolute atomic E-state index is 12.1. The maximum atomic E-state index is 12.1. The number of rotatable bonds is 3. The first-order chi connectivity index (χ1) is 8.59. The van der Waals surface area contributed by atoms with E-state index in [1.54, 1.807) is 18.2 Å². The van der Waals surface area contributed by atoms with E-state index in [0.29, 0.717) is 30.3 Å². The number of carbonyl (C=O) groups is 1. The molecule has 2 N–H and O–H groups in total. The minimum Gasteiger partial charge on any atom is -0.490 e. The largest absolute Gasteiger partial charge is 0.490 e. The molecule has 4 heteroatoms. The van der Waals surface area contributed by atoms with Crippen molar-refractivity contribution in [3.8, 4) is 11.5 Å². The molecule has 1 aromatic carbocycles. The molecule has 1 unspecified atom stereocenters. The minimum atomic E-state index is -0.477. The lowest BCUT2D eigenvalue weighted by Crippen LogP contribution is -2.35. The van der Waals surface area contributed by atoms with Crippen molar-refractivity contribution in [3.63, 3.8) is 0 Å². The molecule has 1 aromatic rings. The number of ether oxygens (including phenoxy) is 2. The number of nitrogens with two attached hydrogens (primary N) is 1. The van der Waals surface area contributed by atoms with Crippen LogP contribution in [0.25, 0.3) is 0 Å². The first-order valence-corrected chi connectivity index (χ1v) is 6.29. The van der Waals surface area contributed by atoms with Gasteiger partial charge in [0.1, 0.15) is 0 Å². The third kappa shape index (κ3) is 2.64. The number of fused-ring (bicyclic) bond motifs is 1. The highest BCUT2D eigenvalue weighted by Crippen LogP contribution is 2.30. The standard InChI is InChI=1S/C14H19NO3/c1-9(2)13(15)14(16)10-4-5-11-12(8-10)18-7-3-6-17-11/h4-5,8-9,13H,3,6-7,15H2,1-2H3. The number of hydrogen-bond donors (Lipinski definition) is 1. The average molecular weight is 249 g/mol. The zero-order valence-corrected chi connectivity index (χ0v) is 10.8. The van der Waals surface area contributed by atoms with E-state index >= 15 is 0 Å². The van der Waals surface area contributed by atoms with E-state index < -0.39 is 6.04 Å². The Hall–Kier alpha value is -1.55. The first kappa shape index (κ1) is 12.9.